The van der Waals surface area contributed by atoms with Crippen LogP contribution >= 0.6 is 7.82 Å². The molecule has 0 fully saturated rings. The van der Waals surface area contributed by atoms with Crippen molar-refractivity contribution in [3.63, 3.8) is 0 Å². The maximum absolute atomic E-state index is 12.5. The van der Waals surface area contributed by atoms with E-state index in [2.05, 4.69) is 19.9 Å². The van der Waals surface area contributed by atoms with Crippen molar-refractivity contribution in [1.82, 2.24) is 0 Å². The van der Waals surface area contributed by atoms with Crippen LogP contribution in [0.4, 0.5) is 0 Å². The first-order chi connectivity index (χ1) is 29.2. The molecule has 0 radical (unpaired) electrons. The Morgan fingerprint density at radius 1 is 0.450 bits per heavy atom. The van der Waals surface area contributed by atoms with Gasteiger partial charge in [0.05, 0.1) is 40.3 Å². The highest BCUT2D eigenvalue weighted by Crippen LogP contribution is 2.43. The van der Waals surface area contributed by atoms with Gasteiger partial charge in [0.1, 0.15) is 19.8 Å². The molecule has 0 rings (SSSR count). The molecule has 358 valence electrons. The fourth-order valence-electron chi connectivity index (χ4n) is 7.63. The summed E-state index contributed by atoms with van der Waals surface area (Å²) in [6.45, 7) is 5.47. The summed E-state index contributed by atoms with van der Waals surface area (Å²) in [5.74, 6) is 0. The Labute approximate surface area is 375 Å². The van der Waals surface area contributed by atoms with E-state index in [0.29, 0.717) is 11.0 Å². The maximum atomic E-state index is 12.5. The zero-order chi connectivity index (χ0) is 43.9. The normalized spacial score (nSPS) is 13.8. The predicted octanol–water partition coefficient (Wildman–Crippen LogP) is 17.1. The molecule has 0 aliphatic heterocycles. The van der Waals surface area contributed by atoms with Gasteiger partial charge < -0.3 is 18.9 Å². The Kier molecular flexibility index (Phi) is 45.5. The van der Waals surface area contributed by atoms with Gasteiger partial charge in [0.2, 0.25) is 0 Å². The number of hydrogen-bond acceptors (Lipinski definition) is 5. The Bertz CT molecular complexity index is 953. The summed E-state index contributed by atoms with van der Waals surface area (Å²) >= 11 is 0. The van der Waals surface area contributed by atoms with E-state index in [4.69, 9.17) is 18.5 Å². The summed E-state index contributed by atoms with van der Waals surface area (Å²) in [5.41, 5.74) is 0. The summed E-state index contributed by atoms with van der Waals surface area (Å²) in [4.78, 5) is 10.2. The van der Waals surface area contributed by atoms with Crippen molar-refractivity contribution in [2.45, 2.75) is 264 Å². The van der Waals surface area contributed by atoms with Gasteiger partial charge in [-0.05, 0) is 37.8 Å². The predicted molar refractivity (Wildman–Crippen MR) is 261 cm³/mol. The van der Waals surface area contributed by atoms with Crippen molar-refractivity contribution in [2.75, 3.05) is 47.5 Å². The molecule has 0 saturated carbocycles. The number of likely N-dealkylation sites (N-methyl/N-ethyl adjacent to an activating group) is 1. The van der Waals surface area contributed by atoms with Crippen molar-refractivity contribution in [3.8, 4) is 0 Å². The highest BCUT2D eigenvalue weighted by atomic mass is 31.2. The van der Waals surface area contributed by atoms with Crippen LogP contribution in [0.3, 0.4) is 0 Å². The van der Waals surface area contributed by atoms with Gasteiger partial charge in [0, 0.05) is 0 Å². The fourth-order valence-corrected chi connectivity index (χ4v) is 8.37. The van der Waals surface area contributed by atoms with E-state index in [0.717, 1.165) is 19.3 Å². The standard InChI is InChI=1S/C52H104NO6P/c1-6-8-10-12-14-16-18-20-22-24-26-28-30-32-34-36-38-40-42-44-47-56-50-52(51-59-60(54,55)58-49-46-53(3,4)5)57-48-45-43-41-39-37-35-33-31-29-27-25-23-21-19-17-15-13-11-9-7-2/h44-45,47-48,52H,6-43,46,49-51H2,1-5H3/p+1/t52-/m1/s1. The van der Waals surface area contributed by atoms with Crippen LogP contribution < -0.4 is 0 Å². The maximum Gasteiger partial charge on any atom is 0.472 e. The Morgan fingerprint density at radius 2 is 0.767 bits per heavy atom. The molecule has 0 aromatic carbocycles. The van der Waals surface area contributed by atoms with Gasteiger partial charge in [-0.1, -0.05) is 232 Å². The lowest BCUT2D eigenvalue weighted by Gasteiger charge is -2.24. The molecule has 0 aliphatic rings. The zero-order valence-corrected chi connectivity index (χ0v) is 41.9. The second kappa shape index (κ2) is 46.2. The van der Waals surface area contributed by atoms with Crippen LogP contribution in [-0.2, 0) is 23.1 Å². The number of allylic oxidation sites excluding steroid dienone is 2. The van der Waals surface area contributed by atoms with Gasteiger partial charge in [0.15, 0.2) is 6.10 Å². The minimum absolute atomic E-state index is 0.0885. The largest absolute Gasteiger partial charge is 0.498 e. The zero-order valence-electron chi connectivity index (χ0n) is 41.0. The minimum Gasteiger partial charge on any atom is -0.498 e. The molecule has 0 saturated heterocycles. The average molecular weight is 871 g/mol. The quantitative estimate of drug-likeness (QED) is 0.0284. The number of quaternary nitrogens is 1. The van der Waals surface area contributed by atoms with Crippen molar-refractivity contribution < 1.29 is 32.5 Å². The molecular weight excluding hydrogens is 766 g/mol. The van der Waals surface area contributed by atoms with Crippen molar-refractivity contribution in [1.29, 1.82) is 0 Å². The molecule has 0 aliphatic carbocycles. The number of rotatable bonds is 50. The average Bonchev–Trinajstić information content (AvgIpc) is 3.21. The fraction of sp³-hybridized carbons (Fsp3) is 0.923. The van der Waals surface area contributed by atoms with Gasteiger partial charge in [-0.25, -0.2) is 4.57 Å². The van der Waals surface area contributed by atoms with Gasteiger partial charge in [0.25, 0.3) is 0 Å². The van der Waals surface area contributed by atoms with E-state index in [-0.39, 0.29) is 19.8 Å². The van der Waals surface area contributed by atoms with Crippen LogP contribution in [-0.4, -0.2) is 63.0 Å². The second-order valence-electron chi connectivity index (χ2n) is 19.0. The van der Waals surface area contributed by atoms with Crippen molar-refractivity contribution in [2.24, 2.45) is 0 Å². The topological polar surface area (TPSA) is 74.2 Å². The first-order valence-corrected chi connectivity index (χ1v) is 27.7. The summed E-state index contributed by atoms with van der Waals surface area (Å²) in [6, 6.07) is 0. The number of ether oxygens (including phenoxy) is 2. The van der Waals surface area contributed by atoms with Crippen LogP contribution in [0.2, 0.25) is 0 Å². The first kappa shape index (κ1) is 59.1. The highest BCUT2D eigenvalue weighted by molar-refractivity contribution is 7.47. The summed E-state index contributed by atoms with van der Waals surface area (Å²) in [5, 5.41) is 0. The van der Waals surface area contributed by atoms with Gasteiger partial charge >= 0.3 is 7.82 Å². The van der Waals surface area contributed by atoms with Crippen LogP contribution in [0.1, 0.15) is 258 Å². The number of phosphoric acid groups is 1. The van der Waals surface area contributed by atoms with Crippen LogP contribution in [0.25, 0.3) is 0 Å². The van der Waals surface area contributed by atoms with Crippen molar-refractivity contribution >= 4 is 7.82 Å². The smallest absolute Gasteiger partial charge is 0.472 e. The van der Waals surface area contributed by atoms with Gasteiger partial charge in [-0.2, -0.15) is 0 Å². The molecule has 0 bridgehead atoms. The van der Waals surface area contributed by atoms with Crippen LogP contribution in [0, 0.1) is 0 Å². The van der Waals surface area contributed by atoms with E-state index in [1.807, 2.05) is 27.2 Å². The molecule has 0 amide bonds. The van der Waals surface area contributed by atoms with Gasteiger partial charge in [-0.3, -0.25) is 9.05 Å². The number of nitrogens with zero attached hydrogens (tertiary/aromatic N) is 1. The highest BCUT2D eigenvalue weighted by Gasteiger charge is 2.25. The number of unbranched alkanes of at least 4 members (excludes halogenated alkanes) is 36. The monoisotopic (exact) mass is 871 g/mol. The molecular formula is C52H105NO6P+. The lowest BCUT2D eigenvalue weighted by atomic mass is 10.0. The number of hydrogen-bond donors (Lipinski definition) is 1. The van der Waals surface area contributed by atoms with Crippen LogP contribution in [0.5, 0.6) is 0 Å². The third-order valence-electron chi connectivity index (χ3n) is 11.7. The third-order valence-corrected chi connectivity index (χ3v) is 12.7. The first-order valence-electron chi connectivity index (χ1n) is 26.2. The molecule has 2 atom stereocenters. The van der Waals surface area contributed by atoms with Gasteiger partial charge in [-0.15, -0.1) is 0 Å². The molecule has 0 aromatic rings. The minimum atomic E-state index is -4.18. The molecule has 8 heteroatoms. The molecule has 60 heavy (non-hydrogen) atoms. The molecule has 0 heterocycles. The van der Waals surface area contributed by atoms with E-state index >= 15 is 0 Å². The van der Waals surface area contributed by atoms with E-state index in [1.54, 1.807) is 12.5 Å². The Balaban J connectivity index is 4.07. The lowest BCUT2D eigenvalue weighted by Crippen LogP contribution is -2.37. The Morgan fingerprint density at radius 3 is 1.10 bits per heavy atom. The lowest BCUT2D eigenvalue weighted by molar-refractivity contribution is -0.870. The van der Waals surface area contributed by atoms with E-state index in [1.165, 1.54) is 225 Å². The Hall–Kier alpha value is -0.850. The molecule has 7 nitrogen and oxygen atoms in total. The summed E-state index contributed by atoms with van der Waals surface area (Å²) in [7, 11) is 1.85. The van der Waals surface area contributed by atoms with Crippen LogP contribution in [0.15, 0.2) is 24.7 Å². The molecule has 0 spiro atoms. The number of phosphoric ester groups is 1. The third kappa shape index (κ3) is 49.8. The summed E-state index contributed by atoms with van der Waals surface area (Å²) in [6.07, 6.45) is 58.7. The SMILES string of the molecule is CCCCCCCCCCCCCCCCCCCCC=COC[C@H](COP(=O)(O)OCC[N+](C)(C)C)OC=CCCCCCCCCCCCCCCCCCCCC. The summed E-state index contributed by atoms with van der Waals surface area (Å²) < 4.78 is 35.4. The molecule has 1 unspecified atom stereocenters. The van der Waals surface area contributed by atoms with E-state index < -0.39 is 13.9 Å². The van der Waals surface area contributed by atoms with Crippen molar-refractivity contribution in [3.05, 3.63) is 24.7 Å². The van der Waals surface area contributed by atoms with E-state index in [9.17, 15) is 9.46 Å². The molecule has 1 N–H and O–H groups in total. The second-order valence-corrected chi connectivity index (χ2v) is 20.5. The molecule has 0 aromatic heterocycles.